The highest BCUT2D eigenvalue weighted by Gasteiger charge is 2.32. The van der Waals surface area contributed by atoms with E-state index in [9.17, 15) is 22.8 Å². The highest BCUT2D eigenvalue weighted by Crippen LogP contribution is 2.28. The number of carbonyl (C=O) groups excluding carboxylic acids is 1. The van der Waals surface area contributed by atoms with Gasteiger partial charge in [-0.2, -0.15) is 0 Å². The van der Waals surface area contributed by atoms with Crippen LogP contribution >= 0.6 is 0 Å². The standard InChI is InChI=1S/C13H14F3NO4/c1-12(2,11(20)17-7-10(18)19)8-3-5-9(6-4-8)21-13(14,15)16/h3-6H,7H2,1-2H3,(H,17,20)(H,18,19). The first kappa shape index (κ1) is 16.8. The summed E-state index contributed by atoms with van der Waals surface area (Å²) in [5.41, 5.74) is -0.661. The van der Waals surface area contributed by atoms with Gasteiger partial charge in [-0.25, -0.2) is 0 Å². The molecular formula is C13H14F3NO4. The van der Waals surface area contributed by atoms with Crippen molar-refractivity contribution in [2.45, 2.75) is 25.6 Å². The summed E-state index contributed by atoms with van der Waals surface area (Å²) in [5.74, 6) is -2.13. The first-order valence-corrected chi connectivity index (χ1v) is 5.89. The number of carboxylic acid groups (broad SMARTS) is 1. The zero-order chi connectivity index (χ0) is 16.3. The fourth-order valence-electron chi connectivity index (χ4n) is 1.58. The van der Waals surface area contributed by atoms with Gasteiger partial charge in [0.2, 0.25) is 5.91 Å². The van der Waals surface area contributed by atoms with Crippen molar-refractivity contribution < 1.29 is 32.6 Å². The third-order valence-corrected chi connectivity index (χ3v) is 2.78. The van der Waals surface area contributed by atoms with E-state index in [1.807, 2.05) is 0 Å². The summed E-state index contributed by atoms with van der Waals surface area (Å²) >= 11 is 0. The summed E-state index contributed by atoms with van der Waals surface area (Å²) < 4.78 is 39.8. The Balaban J connectivity index is 2.84. The number of amides is 1. The van der Waals surface area contributed by atoms with Gasteiger partial charge in [-0.05, 0) is 31.5 Å². The number of carbonyl (C=O) groups is 2. The summed E-state index contributed by atoms with van der Waals surface area (Å²) in [5, 5.41) is 10.7. The predicted octanol–water partition coefficient (Wildman–Crippen LogP) is 2.06. The van der Waals surface area contributed by atoms with Crippen LogP contribution in [-0.4, -0.2) is 29.9 Å². The lowest BCUT2D eigenvalue weighted by molar-refractivity contribution is -0.274. The van der Waals surface area contributed by atoms with E-state index < -0.39 is 35.9 Å². The lowest BCUT2D eigenvalue weighted by Crippen LogP contribution is -2.42. The van der Waals surface area contributed by atoms with Crippen molar-refractivity contribution in [2.24, 2.45) is 0 Å². The molecule has 0 radical (unpaired) electrons. The van der Waals surface area contributed by atoms with E-state index in [2.05, 4.69) is 10.1 Å². The van der Waals surface area contributed by atoms with Crippen molar-refractivity contribution in [3.05, 3.63) is 29.8 Å². The van der Waals surface area contributed by atoms with E-state index in [-0.39, 0.29) is 0 Å². The normalized spacial score (nSPS) is 11.9. The molecule has 0 atom stereocenters. The van der Waals surface area contributed by atoms with Crippen LogP contribution in [0, 0.1) is 0 Å². The molecule has 1 amide bonds. The molecule has 5 nitrogen and oxygen atoms in total. The second-order valence-electron chi connectivity index (χ2n) is 4.77. The predicted molar refractivity (Wildman–Crippen MR) is 66.8 cm³/mol. The molecule has 2 N–H and O–H groups in total. The van der Waals surface area contributed by atoms with Crippen LogP contribution < -0.4 is 10.1 Å². The maximum absolute atomic E-state index is 12.0. The van der Waals surface area contributed by atoms with Crippen molar-refractivity contribution in [1.29, 1.82) is 0 Å². The minimum atomic E-state index is -4.78. The monoisotopic (exact) mass is 305 g/mol. The van der Waals surface area contributed by atoms with Crippen molar-refractivity contribution >= 4 is 11.9 Å². The van der Waals surface area contributed by atoms with Crippen molar-refractivity contribution in [2.75, 3.05) is 6.54 Å². The lowest BCUT2D eigenvalue weighted by Gasteiger charge is -2.24. The largest absolute Gasteiger partial charge is 0.573 e. The quantitative estimate of drug-likeness (QED) is 0.873. The second kappa shape index (κ2) is 6.02. The fraction of sp³-hybridized carbons (Fsp3) is 0.385. The number of carboxylic acids is 1. The van der Waals surface area contributed by atoms with Crippen LogP contribution in [0.4, 0.5) is 13.2 Å². The Morgan fingerprint density at radius 2 is 1.71 bits per heavy atom. The fourth-order valence-corrected chi connectivity index (χ4v) is 1.58. The van der Waals surface area contributed by atoms with E-state index in [0.717, 1.165) is 12.1 Å². The molecule has 1 aromatic carbocycles. The Morgan fingerprint density at radius 3 is 2.14 bits per heavy atom. The summed E-state index contributed by atoms with van der Waals surface area (Å²) in [4.78, 5) is 22.3. The number of halogens is 3. The molecule has 0 aromatic heterocycles. The van der Waals surface area contributed by atoms with Gasteiger partial charge < -0.3 is 15.2 Å². The SMILES string of the molecule is CC(C)(C(=O)NCC(=O)O)c1ccc(OC(F)(F)F)cc1. The molecule has 8 heteroatoms. The summed E-state index contributed by atoms with van der Waals surface area (Å²) in [6, 6.07) is 4.83. The molecule has 0 heterocycles. The van der Waals surface area contributed by atoms with Gasteiger partial charge in [0.05, 0.1) is 5.41 Å². The Hall–Kier alpha value is -2.25. The second-order valence-corrected chi connectivity index (χ2v) is 4.77. The molecule has 116 valence electrons. The van der Waals surface area contributed by atoms with Crippen molar-refractivity contribution in [1.82, 2.24) is 5.32 Å². The summed E-state index contributed by atoms with van der Waals surface area (Å²) in [6.07, 6.45) is -4.78. The van der Waals surface area contributed by atoms with E-state index in [1.165, 1.54) is 26.0 Å². The average Bonchev–Trinajstić information content (AvgIpc) is 2.34. The Labute approximate surface area is 118 Å². The zero-order valence-electron chi connectivity index (χ0n) is 11.3. The van der Waals surface area contributed by atoms with Crippen LogP contribution in [0.1, 0.15) is 19.4 Å². The van der Waals surface area contributed by atoms with Gasteiger partial charge in [0.15, 0.2) is 0 Å². The van der Waals surface area contributed by atoms with E-state index >= 15 is 0 Å². The topological polar surface area (TPSA) is 75.6 Å². The molecule has 0 saturated carbocycles. The first-order valence-electron chi connectivity index (χ1n) is 5.89. The van der Waals surface area contributed by atoms with Gasteiger partial charge in [0, 0.05) is 0 Å². The number of aliphatic carboxylic acids is 1. The van der Waals surface area contributed by atoms with E-state index in [1.54, 1.807) is 0 Å². The van der Waals surface area contributed by atoms with Gasteiger partial charge in [-0.15, -0.1) is 13.2 Å². The highest BCUT2D eigenvalue weighted by molar-refractivity contribution is 5.89. The van der Waals surface area contributed by atoms with Gasteiger partial charge in [0.25, 0.3) is 0 Å². The molecule has 0 aliphatic heterocycles. The van der Waals surface area contributed by atoms with Gasteiger partial charge in [0.1, 0.15) is 12.3 Å². The number of rotatable bonds is 5. The number of alkyl halides is 3. The third-order valence-electron chi connectivity index (χ3n) is 2.78. The number of nitrogens with one attached hydrogen (secondary N) is 1. The molecule has 1 rings (SSSR count). The molecule has 0 aliphatic carbocycles. The molecular weight excluding hydrogens is 291 g/mol. The van der Waals surface area contributed by atoms with Crippen LogP contribution in [0.5, 0.6) is 5.75 Å². The summed E-state index contributed by atoms with van der Waals surface area (Å²) in [6.45, 7) is 2.53. The molecule has 0 spiro atoms. The van der Waals surface area contributed by atoms with Crippen LogP contribution in [0.25, 0.3) is 0 Å². The maximum atomic E-state index is 12.0. The van der Waals surface area contributed by atoms with Crippen LogP contribution in [0.15, 0.2) is 24.3 Å². The molecule has 21 heavy (non-hydrogen) atoms. The average molecular weight is 305 g/mol. The Bertz CT molecular complexity index is 523. The number of hydrogen-bond donors (Lipinski definition) is 2. The number of benzene rings is 1. The minimum absolute atomic E-state index is 0.395. The smallest absolute Gasteiger partial charge is 0.480 e. The van der Waals surface area contributed by atoms with Gasteiger partial charge in [-0.3, -0.25) is 9.59 Å². The third kappa shape index (κ3) is 4.97. The van der Waals surface area contributed by atoms with E-state index in [0.29, 0.717) is 5.56 Å². The van der Waals surface area contributed by atoms with Gasteiger partial charge >= 0.3 is 12.3 Å². The van der Waals surface area contributed by atoms with Crippen molar-refractivity contribution in [3.63, 3.8) is 0 Å². The number of ether oxygens (including phenoxy) is 1. The number of hydrogen-bond acceptors (Lipinski definition) is 3. The Kier molecular flexibility index (Phi) is 4.82. The molecule has 0 aliphatic rings. The molecule has 0 saturated heterocycles. The van der Waals surface area contributed by atoms with Crippen molar-refractivity contribution in [3.8, 4) is 5.75 Å². The summed E-state index contributed by atoms with van der Waals surface area (Å²) in [7, 11) is 0. The van der Waals surface area contributed by atoms with E-state index in [4.69, 9.17) is 5.11 Å². The zero-order valence-corrected chi connectivity index (χ0v) is 11.3. The molecule has 0 unspecified atom stereocenters. The molecule has 1 aromatic rings. The minimum Gasteiger partial charge on any atom is -0.480 e. The Morgan fingerprint density at radius 1 is 1.19 bits per heavy atom. The lowest BCUT2D eigenvalue weighted by atomic mass is 9.83. The molecule has 0 fully saturated rings. The van der Waals surface area contributed by atoms with Crippen LogP contribution in [0.2, 0.25) is 0 Å². The van der Waals surface area contributed by atoms with Gasteiger partial charge in [-0.1, -0.05) is 12.1 Å². The highest BCUT2D eigenvalue weighted by atomic mass is 19.4. The van der Waals surface area contributed by atoms with Crippen LogP contribution in [-0.2, 0) is 15.0 Å². The molecule has 0 bridgehead atoms. The maximum Gasteiger partial charge on any atom is 0.573 e. The van der Waals surface area contributed by atoms with Crippen LogP contribution in [0.3, 0.4) is 0 Å². The first-order chi connectivity index (χ1) is 9.52.